The van der Waals surface area contributed by atoms with Gasteiger partial charge in [-0.15, -0.1) is 0 Å². The summed E-state index contributed by atoms with van der Waals surface area (Å²) in [5.74, 6) is 0. The average Bonchev–Trinajstić information content (AvgIpc) is 2.11. The molecule has 1 aliphatic heterocycles. The molecule has 11 heavy (non-hydrogen) atoms. The van der Waals surface area contributed by atoms with Gasteiger partial charge in [0.05, 0.1) is 12.4 Å². The van der Waals surface area contributed by atoms with Crippen molar-refractivity contribution in [2.75, 3.05) is 0 Å². The zero-order valence-corrected chi connectivity index (χ0v) is 8.02. The Kier molecular flexibility index (Phi) is 20.2. The van der Waals surface area contributed by atoms with Gasteiger partial charge in [-0.2, -0.15) is 0 Å². The van der Waals surface area contributed by atoms with Crippen LogP contribution >= 0.6 is 8.25 Å². The van der Waals surface area contributed by atoms with Crippen LogP contribution in [0.5, 0.6) is 0 Å². The van der Waals surface area contributed by atoms with Crippen LogP contribution in [0.4, 0.5) is 0 Å². The molecule has 7 heteroatoms. The summed E-state index contributed by atoms with van der Waals surface area (Å²) in [6.07, 6.45) is 8.00. The van der Waals surface area contributed by atoms with Gasteiger partial charge in [-0.05, 0) is 12.2 Å². The van der Waals surface area contributed by atoms with Gasteiger partial charge < -0.3 is 15.3 Å². The second-order valence-corrected chi connectivity index (χ2v) is 1.63. The Labute approximate surface area is 81.2 Å². The number of rotatable bonds is 0. The molecule has 0 radical (unpaired) electrons. The van der Waals surface area contributed by atoms with Gasteiger partial charge in [0.2, 0.25) is 0 Å². The first kappa shape index (κ1) is 17.3. The SMILES string of the molecule is C1=C[NH2+]C=C1.O=[P+]([O-])[O-].[Mg+2].[OH-]. The van der Waals surface area contributed by atoms with Crippen molar-refractivity contribution in [3.05, 3.63) is 24.6 Å². The van der Waals surface area contributed by atoms with E-state index >= 15 is 0 Å². The van der Waals surface area contributed by atoms with E-state index in [1.54, 1.807) is 0 Å². The second kappa shape index (κ2) is 12.8. The van der Waals surface area contributed by atoms with Crippen molar-refractivity contribution in [3.63, 3.8) is 0 Å². The summed E-state index contributed by atoms with van der Waals surface area (Å²) in [6, 6.07) is 0. The van der Waals surface area contributed by atoms with Gasteiger partial charge in [0.15, 0.2) is 0 Å². The van der Waals surface area contributed by atoms with Crippen LogP contribution in [-0.2, 0) is 4.57 Å². The van der Waals surface area contributed by atoms with E-state index in [4.69, 9.17) is 14.4 Å². The van der Waals surface area contributed by atoms with Crippen LogP contribution in [0.15, 0.2) is 24.6 Å². The molecule has 0 amide bonds. The van der Waals surface area contributed by atoms with Gasteiger partial charge in [-0.3, -0.25) is 5.32 Å². The largest absolute Gasteiger partial charge is 2.00 e. The number of hydrogen-bond acceptors (Lipinski definition) is 4. The minimum absolute atomic E-state index is 0. The summed E-state index contributed by atoms with van der Waals surface area (Å²) >= 11 is 0. The molecule has 0 fully saturated rings. The molecule has 5 nitrogen and oxygen atoms in total. The minimum Gasteiger partial charge on any atom is -0.870 e. The quantitative estimate of drug-likeness (QED) is 0.332. The molecule has 1 heterocycles. The predicted molar refractivity (Wildman–Crippen MR) is 35.5 cm³/mol. The van der Waals surface area contributed by atoms with Gasteiger partial charge in [0.25, 0.3) is 8.25 Å². The Morgan fingerprint density at radius 2 is 1.45 bits per heavy atom. The van der Waals surface area contributed by atoms with E-state index in [0.717, 1.165) is 0 Å². The number of hydrogen-bond donors (Lipinski definition) is 1. The van der Waals surface area contributed by atoms with E-state index in [9.17, 15) is 0 Å². The van der Waals surface area contributed by atoms with Crippen molar-refractivity contribution in [1.29, 1.82) is 0 Å². The maximum Gasteiger partial charge on any atom is 2.00 e. The molecule has 0 aromatic carbocycles. The van der Waals surface area contributed by atoms with Gasteiger partial charge in [0.1, 0.15) is 0 Å². The third-order valence-electron chi connectivity index (χ3n) is 0.556. The number of nitrogens with two attached hydrogens (primary N) is 1. The normalized spacial score (nSPS) is 10.4. The van der Waals surface area contributed by atoms with Crippen LogP contribution in [0.2, 0.25) is 0 Å². The van der Waals surface area contributed by atoms with Crippen molar-refractivity contribution in [2.24, 2.45) is 0 Å². The Morgan fingerprint density at radius 3 is 1.55 bits per heavy atom. The van der Waals surface area contributed by atoms with Crippen molar-refractivity contribution in [2.45, 2.75) is 0 Å². The van der Waals surface area contributed by atoms with Gasteiger partial charge >= 0.3 is 23.1 Å². The average molecular weight is 188 g/mol. The monoisotopic (exact) mass is 188 g/mol. The summed E-state index contributed by atoms with van der Waals surface area (Å²) in [5, 5.41) is 2.00. The molecular weight excluding hydrogens is 181 g/mol. The summed E-state index contributed by atoms with van der Waals surface area (Å²) in [4.78, 5) is 17.0. The molecule has 58 valence electrons. The predicted octanol–water partition coefficient (Wildman–Crippen LogP) is -2.60. The summed E-state index contributed by atoms with van der Waals surface area (Å²) in [7, 11) is -3.37. The zero-order chi connectivity index (χ0) is 7.11. The molecule has 3 N–H and O–H groups in total. The Morgan fingerprint density at radius 1 is 1.18 bits per heavy atom. The van der Waals surface area contributed by atoms with Crippen LogP contribution in [0, 0.1) is 0 Å². The van der Waals surface area contributed by atoms with Gasteiger partial charge in [-0.25, -0.2) is 0 Å². The van der Waals surface area contributed by atoms with E-state index < -0.39 is 8.25 Å². The third-order valence-corrected chi connectivity index (χ3v) is 0.556. The van der Waals surface area contributed by atoms with Crippen molar-refractivity contribution in [3.8, 4) is 0 Å². The topological polar surface area (TPSA) is 110 Å². The first-order valence-corrected chi connectivity index (χ1v) is 3.31. The first-order valence-electron chi connectivity index (χ1n) is 2.21. The second-order valence-electron chi connectivity index (χ2n) is 1.19. The number of quaternary nitrogens is 1. The molecule has 0 atom stereocenters. The van der Waals surface area contributed by atoms with E-state index in [2.05, 4.69) is 0 Å². The van der Waals surface area contributed by atoms with Crippen LogP contribution in [0.3, 0.4) is 0 Å². The third kappa shape index (κ3) is 25.4. The minimum atomic E-state index is -3.37. The smallest absolute Gasteiger partial charge is 0.870 e. The molecule has 1 rings (SSSR count). The van der Waals surface area contributed by atoms with Crippen molar-refractivity contribution < 1.29 is 25.1 Å². The summed E-state index contributed by atoms with van der Waals surface area (Å²) < 4.78 is 8.48. The standard InChI is InChI=1S/C4H5N.Mg.HO3P.H2O/c1-2-4-5-3-1;;1-4(2)3;/h1-5H;;(H,1,2,3);1H2/q;+2;;/p-1. The molecule has 0 aromatic rings. The molecule has 0 saturated heterocycles. The Balaban J connectivity index is -0.000000101. The summed E-state index contributed by atoms with van der Waals surface area (Å²) in [6.45, 7) is 0. The number of allylic oxidation sites excluding steroid dienone is 2. The van der Waals surface area contributed by atoms with E-state index in [1.165, 1.54) is 0 Å². The molecule has 1 aliphatic rings. The van der Waals surface area contributed by atoms with Crippen molar-refractivity contribution >= 4 is 31.3 Å². The molecule has 0 saturated carbocycles. The molecule has 0 bridgehead atoms. The molecule has 0 unspecified atom stereocenters. The summed E-state index contributed by atoms with van der Waals surface area (Å²) in [5.41, 5.74) is 0. The van der Waals surface area contributed by atoms with Crippen LogP contribution < -0.4 is 15.1 Å². The van der Waals surface area contributed by atoms with Gasteiger partial charge in [-0.1, -0.05) is 4.57 Å². The van der Waals surface area contributed by atoms with Crippen LogP contribution in [-0.4, -0.2) is 28.5 Å². The zero-order valence-electron chi connectivity index (χ0n) is 5.71. The first-order chi connectivity index (χ1) is 4.23. The fourth-order valence-corrected chi connectivity index (χ4v) is 0.321. The maximum absolute atomic E-state index is 8.48. The molecule has 0 aliphatic carbocycles. The maximum atomic E-state index is 8.48. The van der Waals surface area contributed by atoms with Crippen molar-refractivity contribution in [1.82, 2.24) is 0 Å². The fraction of sp³-hybridized carbons (Fsp3) is 0. The molecule has 0 spiro atoms. The molecule has 0 aromatic heterocycles. The van der Waals surface area contributed by atoms with E-state index in [-0.39, 0.29) is 28.5 Å². The Hall–Kier alpha value is 0.186. The van der Waals surface area contributed by atoms with Crippen LogP contribution in [0.1, 0.15) is 0 Å². The Bertz CT molecular complexity index is 135. The van der Waals surface area contributed by atoms with Crippen LogP contribution in [0.25, 0.3) is 0 Å². The fourth-order valence-electron chi connectivity index (χ4n) is 0.321. The van der Waals surface area contributed by atoms with E-state index in [1.807, 2.05) is 29.9 Å². The van der Waals surface area contributed by atoms with Gasteiger partial charge in [0, 0.05) is 0 Å². The van der Waals surface area contributed by atoms with E-state index in [0.29, 0.717) is 0 Å². The molecular formula is C4H7MgNO4P+.